The number of anilines is 1. The lowest BCUT2D eigenvalue weighted by molar-refractivity contribution is -0.137. The minimum atomic E-state index is -4.44. The van der Waals surface area contributed by atoms with E-state index in [1.54, 1.807) is 48.5 Å². The molecule has 3 aromatic rings. The highest BCUT2D eigenvalue weighted by molar-refractivity contribution is 6.34. The summed E-state index contributed by atoms with van der Waals surface area (Å²) in [5, 5.41) is 0. The van der Waals surface area contributed by atoms with Crippen LogP contribution in [0.4, 0.5) is 18.9 Å². The lowest BCUT2D eigenvalue weighted by atomic mass is 10.1. The van der Waals surface area contributed by atoms with Crippen molar-refractivity contribution < 1.29 is 22.8 Å². The summed E-state index contributed by atoms with van der Waals surface area (Å²) in [6.45, 7) is 0. The van der Waals surface area contributed by atoms with Gasteiger partial charge in [-0.1, -0.05) is 36.1 Å². The molecule has 3 nitrogen and oxygen atoms in total. The predicted octanol–water partition coefficient (Wildman–Crippen LogP) is 4.91. The average Bonchev–Trinajstić information content (AvgIpc) is 2.97. The summed E-state index contributed by atoms with van der Waals surface area (Å²) >= 11 is 0. The summed E-state index contributed by atoms with van der Waals surface area (Å²) in [5.74, 6) is 4.63. The number of benzene rings is 3. The topological polar surface area (TPSA) is 37.4 Å². The van der Waals surface area contributed by atoms with Crippen molar-refractivity contribution in [3.8, 4) is 11.8 Å². The van der Waals surface area contributed by atoms with E-state index in [9.17, 15) is 22.8 Å². The summed E-state index contributed by atoms with van der Waals surface area (Å²) in [5.41, 5.74) is 0.925. The second-order valence-corrected chi connectivity index (χ2v) is 6.37. The van der Waals surface area contributed by atoms with Crippen molar-refractivity contribution in [1.82, 2.24) is 0 Å². The van der Waals surface area contributed by atoms with Crippen molar-refractivity contribution >= 4 is 17.5 Å². The molecule has 142 valence electrons. The van der Waals surface area contributed by atoms with Gasteiger partial charge in [-0.3, -0.25) is 9.59 Å². The zero-order valence-electron chi connectivity index (χ0n) is 14.8. The molecule has 1 aliphatic rings. The van der Waals surface area contributed by atoms with E-state index < -0.39 is 23.6 Å². The molecule has 0 spiro atoms. The van der Waals surface area contributed by atoms with E-state index in [1.807, 2.05) is 0 Å². The fraction of sp³-hybridized carbons (Fsp3) is 0.0435. The standard InChI is InChI=1S/C23H12F3NO2/c24-23(25,26)17-7-3-5-15(13-17)11-12-16-6-4-8-18(14-16)27-21(28)19-9-1-2-10-20(19)22(27)29/h1-10,13-14H. The Morgan fingerprint density at radius 3 is 1.83 bits per heavy atom. The lowest BCUT2D eigenvalue weighted by Crippen LogP contribution is -2.29. The molecule has 0 fully saturated rings. The predicted molar refractivity (Wildman–Crippen MR) is 101 cm³/mol. The van der Waals surface area contributed by atoms with Crippen molar-refractivity contribution in [2.75, 3.05) is 4.90 Å². The Hall–Kier alpha value is -3.85. The van der Waals surface area contributed by atoms with Crippen molar-refractivity contribution in [2.45, 2.75) is 6.18 Å². The van der Waals surface area contributed by atoms with Gasteiger partial charge in [-0.2, -0.15) is 13.2 Å². The van der Waals surface area contributed by atoms with Crippen LogP contribution in [0.5, 0.6) is 0 Å². The van der Waals surface area contributed by atoms with Crippen LogP contribution in [-0.2, 0) is 6.18 Å². The third-order valence-corrected chi connectivity index (χ3v) is 4.44. The highest BCUT2D eigenvalue weighted by atomic mass is 19.4. The maximum Gasteiger partial charge on any atom is 0.416 e. The number of alkyl halides is 3. The molecule has 1 aliphatic heterocycles. The Morgan fingerprint density at radius 2 is 1.24 bits per heavy atom. The van der Waals surface area contributed by atoms with Crippen LogP contribution in [0.1, 0.15) is 37.4 Å². The average molecular weight is 391 g/mol. The maximum absolute atomic E-state index is 12.8. The second-order valence-electron chi connectivity index (χ2n) is 6.37. The number of fused-ring (bicyclic) bond motifs is 1. The number of halogens is 3. The molecule has 2 amide bonds. The largest absolute Gasteiger partial charge is 0.416 e. The second kappa shape index (κ2) is 6.95. The van der Waals surface area contributed by atoms with Gasteiger partial charge in [-0.15, -0.1) is 0 Å². The molecule has 1 heterocycles. The minimum Gasteiger partial charge on any atom is -0.268 e. The van der Waals surface area contributed by atoms with E-state index in [-0.39, 0.29) is 5.56 Å². The van der Waals surface area contributed by atoms with Crippen LogP contribution in [-0.4, -0.2) is 11.8 Å². The van der Waals surface area contributed by atoms with Gasteiger partial charge in [-0.05, 0) is 48.5 Å². The zero-order valence-corrected chi connectivity index (χ0v) is 14.8. The normalized spacial score (nSPS) is 13.1. The first-order valence-corrected chi connectivity index (χ1v) is 8.62. The molecule has 0 saturated heterocycles. The number of nitrogens with zero attached hydrogens (tertiary/aromatic N) is 1. The third-order valence-electron chi connectivity index (χ3n) is 4.44. The lowest BCUT2D eigenvalue weighted by Gasteiger charge is -2.14. The summed E-state index contributed by atoms with van der Waals surface area (Å²) in [7, 11) is 0. The van der Waals surface area contributed by atoms with Crippen molar-refractivity contribution in [3.63, 3.8) is 0 Å². The van der Waals surface area contributed by atoms with Crippen LogP contribution in [0, 0.1) is 11.8 Å². The Kier molecular flexibility index (Phi) is 4.44. The molecule has 0 radical (unpaired) electrons. The van der Waals surface area contributed by atoms with Crippen molar-refractivity contribution in [2.24, 2.45) is 0 Å². The third kappa shape index (κ3) is 3.50. The smallest absolute Gasteiger partial charge is 0.268 e. The number of imide groups is 1. The molecule has 0 N–H and O–H groups in total. The number of hydrogen-bond donors (Lipinski definition) is 0. The van der Waals surface area contributed by atoms with Gasteiger partial charge >= 0.3 is 6.18 Å². The van der Waals surface area contributed by atoms with Gasteiger partial charge in [0.2, 0.25) is 0 Å². The SMILES string of the molecule is O=C1c2ccccc2C(=O)N1c1cccc(C#Cc2cccc(C(F)(F)F)c2)c1. The molecular weight excluding hydrogens is 379 g/mol. The molecule has 4 rings (SSSR count). The van der Waals surface area contributed by atoms with E-state index in [1.165, 1.54) is 12.1 Å². The van der Waals surface area contributed by atoms with Gasteiger partial charge in [0.1, 0.15) is 0 Å². The van der Waals surface area contributed by atoms with Crippen LogP contribution >= 0.6 is 0 Å². The maximum atomic E-state index is 12.8. The molecule has 0 aliphatic carbocycles. The highest BCUT2D eigenvalue weighted by Gasteiger charge is 2.36. The van der Waals surface area contributed by atoms with Gasteiger partial charge in [0.05, 0.1) is 22.4 Å². The van der Waals surface area contributed by atoms with E-state index in [2.05, 4.69) is 11.8 Å². The fourth-order valence-corrected chi connectivity index (χ4v) is 3.06. The van der Waals surface area contributed by atoms with Gasteiger partial charge < -0.3 is 0 Å². The van der Waals surface area contributed by atoms with Crippen molar-refractivity contribution in [1.29, 1.82) is 0 Å². The van der Waals surface area contributed by atoms with E-state index in [0.29, 0.717) is 22.4 Å². The number of hydrogen-bond acceptors (Lipinski definition) is 2. The number of carbonyl (C=O) groups is 2. The van der Waals surface area contributed by atoms with Crippen LogP contribution in [0.3, 0.4) is 0 Å². The molecule has 0 aromatic heterocycles. The first-order chi connectivity index (χ1) is 13.8. The van der Waals surface area contributed by atoms with E-state index in [0.717, 1.165) is 17.0 Å². The molecule has 29 heavy (non-hydrogen) atoms. The molecule has 0 saturated carbocycles. The summed E-state index contributed by atoms with van der Waals surface area (Å²) in [4.78, 5) is 26.3. The molecule has 0 bridgehead atoms. The summed E-state index contributed by atoms with van der Waals surface area (Å²) in [6.07, 6.45) is -4.44. The first kappa shape index (κ1) is 18.5. The van der Waals surface area contributed by atoms with Crippen LogP contribution < -0.4 is 4.90 Å². The number of rotatable bonds is 1. The number of carbonyl (C=O) groups excluding carboxylic acids is 2. The summed E-state index contributed by atoms with van der Waals surface area (Å²) < 4.78 is 38.5. The monoisotopic (exact) mass is 391 g/mol. The van der Waals surface area contributed by atoms with Gasteiger partial charge in [-0.25, -0.2) is 4.90 Å². The fourth-order valence-electron chi connectivity index (χ4n) is 3.06. The Labute approximate surface area is 164 Å². The van der Waals surface area contributed by atoms with Gasteiger partial charge in [0.25, 0.3) is 11.8 Å². The Balaban J connectivity index is 1.65. The molecule has 0 unspecified atom stereocenters. The van der Waals surface area contributed by atoms with E-state index in [4.69, 9.17) is 0 Å². The first-order valence-electron chi connectivity index (χ1n) is 8.62. The van der Waals surface area contributed by atoms with Crippen LogP contribution in [0.2, 0.25) is 0 Å². The molecule has 6 heteroatoms. The summed E-state index contributed by atoms with van der Waals surface area (Å²) in [6, 6.07) is 17.7. The minimum absolute atomic E-state index is 0.214. The Bertz CT molecular complexity index is 1170. The van der Waals surface area contributed by atoms with Gasteiger partial charge in [0, 0.05) is 11.1 Å². The molecule has 0 atom stereocenters. The number of amides is 2. The van der Waals surface area contributed by atoms with Gasteiger partial charge in [0.15, 0.2) is 0 Å². The highest BCUT2D eigenvalue weighted by Crippen LogP contribution is 2.30. The van der Waals surface area contributed by atoms with Crippen LogP contribution in [0.15, 0.2) is 72.8 Å². The Morgan fingerprint density at radius 1 is 0.690 bits per heavy atom. The molecule has 3 aromatic carbocycles. The zero-order chi connectivity index (χ0) is 20.6. The quantitative estimate of drug-likeness (QED) is 0.437. The van der Waals surface area contributed by atoms with Crippen LogP contribution in [0.25, 0.3) is 0 Å². The van der Waals surface area contributed by atoms with E-state index >= 15 is 0 Å². The van der Waals surface area contributed by atoms with Crippen molar-refractivity contribution in [3.05, 3.63) is 101 Å². The molecular formula is C23H12F3NO2.